The van der Waals surface area contributed by atoms with Crippen LogP contribution in [-0.2, 0) is 6.42 Å². The average Bonchev–Trinajstić information content (AvgIpc) is 3.02. The van der Waals surface area contributed by atoms with Crippen LogP contribution >= 0.6 is 0 Å². The molecule has 22 heavy (non-hydrogen) atoms. The van der Waals surface area contributed by atoms with E-state index in [9.17, 15) is 0 Å². The van der Waals surface area contributed by atoms with Crippen molar-refractivity contribution in [2.75, 3.05) is 31.6 Å². The van der Waals surface area contributed by atoms with Crippen LogP contribution in [0.5, 0.6) is 0 Å². The molecule has 1 fully saturated rings. The minimum absolute atomic E-state index is 0.531. The monoisotopic (exact) mass is 297 g/mol. The maximum Gasteiger partial charge on any atom is 0.132 e. The molecule has 1 atom stereocenters. The zero-order valence-electron chi connectivity index (χ0n) is 13.3. The third-order valence-electron chi connectivity index (χ3n) is 4.39. The molecule has 0 radical (unpaired) electrons. The first-order valence-electron chi connectivity index (χ1n) is 7.85. The van der Waals surface area contributed by atoms with E-state index in [1.165, 1.54) is 12.0 Å². The fourth-order valence-corrected chi connectivity index (χ4v) is 2.99. The van der Waals surface area contributed by atoms with Crippen LogP contribution in [0.3, 0.4) is 0 Å². The fraction of sp³-hybridized carbons (Fsp3) is 0.471. The third-order valence-corrected chi connectivity index (χ3v) is 4.39. The highest BCUT2D eigenvalue weighted by molar-refractivity contribution is 5.39. The summed E-state index contributed by atoms with van der Waals surface area (Å²) in [6.45, 7) is 5.35. The number of aryl methyl sites for hydroxylation is 1. The number of likely N-dealkylation sites (N-methyl/N-ethyl adjacent to an activating group) is 1. The van der Waals surface area contributed by atoms with Gasteiger partial charge in [0, 0.05) is 56.9 Å². The molecular formula is C17H23N5. The molecule has 3 heterocycles. The van der Waals surface area contributed by atoms with E-state index in [1.54, 1.807) is 6.33 Å². The van der Waals surface area contributed by atoms with E-state index in [2.05, 4.69) is 43.9 Å². The lowest BCUT2D eigenvalue weighted by atomic mass is 10.2. The minimum atomic E-state index is 0.531. The van der Waals surface area contributed by atoms with Crippen molar-refractivity contribution in [2.24, 2.45) is 0 Å². The number of hydrogen-bond donors (Lipinski definition) is 0. The van der Waals surface area contributed by atoms with Gasteiger partial charge in [0.2, 0.25) is 0 Å². The van der Waals surface area contributed by atoms with Gasteiger partial charge >= 0.3 is 0 Å². The van der Waals surface area contributed by atoms with Gasteiger partial charge < -0.3 is 9.80 Å². The van der Waals surface area contributed by atoms with Crippen LogP contribution in [0.1, 0.15) is 17.7 Å². The second-order valence-corrected chi connectivity index (χ2v) is 5.98. The Hall–Kier alpha value is -2.01. The van der Waals surface area contributed by atoms with Crippen molar-refractivity contribution in [1.29, 1.82) is 0 Å². The molecule has 0 aliphatic carbocycles. The van der Waals surface area contributed by atoms with E-state index in [0.29, 0.717) is 6.04 Å². The quantitative estimate of drug-likeness (QED) is 0.844. The molecule has 1 unspecified atom stereocenters. The molecule has 0 amide bonds. The normalized spacial score (nSPS) is 18.5. The highest BCUT2D eigenvalue weighted by Crippen LogP contribution is 2.20. The summed E-state index contributed by atoms with van der Waals surface area (Å²) in [5.74, 6) is 1.02. The maximum atomic E-state index is 4.39. The van der Waals surface area contributed by atoms with Crippen molar-refractivity contribution in [3.05, 3.63) is 48.2 Å². The molecule has 116 valence electrons. The molecule has 1 aliphatic heterocycles. The number of aromatic nitrogens is 3. The van der Waals surface area contributed by atoms with E-state index < -0.39 is 0 Å². The molecule has 0 bridgehead atoms. The Kier molecular flexibility index (Phi) is 4.63. The van der Waals surface area contributed by atoms with Crippen molar-refractivity contribution in [3.63, 3.8) is 0 Å². The zero-order chi connectivity index (χ0) is 15.4. The summed E-state index contributed by atoms with van der Waals surface area (Å²) < 4.78 is 0. The van der Waals surface area contributed by atoms with Gasteiger partial charge in [-0.05, 0) is 31.4 Å². The Labute approximate surface area is 132 Å². The predicted octanol–water partition coefficient (Wildman–Crippen LogP) is 1.93. The van der Waals surface area contributed by atoms with Crippen molar-refractivity contribution >= 4 is 5.82 Å². The van der Waals surface area contributed by atoms with Gasteiger partial charge in [-0.1, -0.05) is 6.07 Å². The van der Waals surface area contributed by atoms with Crippen molar-refractivity contribution in [1.82, 2.24) is 19.9 Å². The summed E-state index contributed by atoms with van der Waals surface area (Å²) >= 11 is 0. The molecule has 0 spiro atoms. The lowest BCUT2D eigenvalue weighted by Gasteiger charge is -2.26. The summed E-state index contributed by atoms with van der Waals surface area (Å²) in [5, 5.41) is 0. The van der Waals surface area contributed by atoms with Crippen LogP contribution in [0.2, 0.25) is 0 Å². The van der Waals surface area contributed by atoms with Crippen molar-refractivity contribution in [2.45, 2.75) is 25.8 Å². The molecule has 5 heteroatoms. The highest BCUT2D eigenvalue weighted by Gasteiger charge is 2.26. The largest absolute Gasteiger partial charge is 0.355 e. The minimum Gasteiger partial charge on any atom is -0.355 e. The molecular weight excluding hydrogens is 274 g/mol. The first-order chi connectivity index (χ1) is 10.7. The first-order valence-corrected chi connectivity index (χ1v) is 7.85. The second kappa shape index (κ2) is 6.83. The summed E-state index contributed by atoms with van der Waals surface area (Å²) in [7, 11) is 2.14. The molecule has 0 aromatic carbocycles. The van der Waals surface area contributed by atoms with Gasteiger partial charge in [0.1, 0.15) is 12.1 Å². The second-order valence-electron chi connectivity index (χ2n) is 5.98. The van der Waals surface area contributed by atoms with Crippen LogP contribution < -0.4 is 4.90 Å². The fourth-order valence-electron chi connectivity index (χ4n) is 2.99. The zero-order valence-corrected chi connectivity index (χ0v) is 13.3. The molecule has 1 aliphatic rings. The third kappa shape index (κ3) is 3.60. The van der Waals surface area contributed by atoms with Crippen LogP contribution in [0.4, 0.5) is 5.82 Å². The first kappa shape index (κ1) is 14.9. The van der Waals surface area contributed by atoms with Gasteiger partial charge in [-0.25, -0.2) is 9.97 Å². The molecule has 0 saturated carbocycles. The average molecular weight is 297 g/mol. The van der Waals surface area contributed by atoms with Crippen LogP contribution in [0.25, 0.3) is 0 Å². The van der Waals surface area contributed by atoms with Gasteiger partial charge in [0.05, 0.1) is 0 Å². The SMILES string of the molecule is Cc1cc(N(C)C2CCN(CCc3cccnc3)C2)ncn1. The molecule has 0 N–H and O–H groups in total. The Morgan fingerprint density at radius 1 is 1.36 bits per heavy atom. The summed E-state index contributed by atoms with van der Waals surface area (Å²) in [4.78, 5) is 17.6. The van der Waals surface area contributed by atoms with E-state index in [4.69, 9.17) is 0 Å². The molecule has 2 aromatic heterocycles. The lowest BCUT2D eigenvalue weighted by molar-refractivity contribution is 0.337. The topological polar surface area (TPSA) is 45.2 Å². The van der Waals surface area contributed by atoms with E-state index in [1.807, 2.05) is 25.4 Å². The Morgan fingerprint density at radius 3 is 3.05 bits per heavy atom. The van der Waals surface area contributed by atoms with Crippen LogP contribution in [-0.4, -0.2) is 52.6 Å². The van der Waals surface area contributed by atoms with Crippen molar-refractivity contribution in [3.8, 4) is 0 Å². The molecule has 3 rings (SSSR count). The van der Waals surface area contributed by atoms with Gasteiger partial charge in [-0.2, -0.15) is 0 Å². The maximum absolute atomic E-state index is 4.39. The van der Waals surface area contributed by atoms with E-state index in [0.717, 1.165) is 37.6 Å². The number of nitrogens with zero attached hydrogens (tertiary/aromatic N) is 5. The molecule has 5 nitrogen and oxygen atoms in total. The number of likely N-dealkylation sites (tertiary alicyclic amines) is 1. The Morgan fingerprint density at radius 2 is 2.27 bits per heavy atom. The summed E-state index contributed by atoms with van der Waals surface area (Å²) in [6.07, 6.45) is 7.69. The van der Waals surface area contributed by atoms with E-state index >= 15 is 0 Å². The van der Waals surface area contributed by atoms with Gasteiger partial charge in [-0.3, -0.25) is 4.98 Å². The predicted molar refractivity (Wildman–Crippen MR) is 88.0 cm³/mol. The standard InChI is InChI=1S/C17H23N5/c1-14-10-17(20-13-19-14)21(2)16-6-9-22(12-16)8-5-15-4-3-7-18-11-15/h3-4,7,10-11,13,16H,5-6,8-9,12H2,1-2H3. The summed E-state index contributed by atoms with van der Waals surface area (Å²) in [5.41, 5.74) is 2.33. The highest BCUT2D eigenvalue weighted by atomic mass is 15.3. The number of rotatable bonds is 5. The Balaban J connectivity index is 1.53. The molecule has 1 saturated heterocycles. The van der Waals surface area contributed by atoms with Crippen LogP contribution in [0.15, 0.2) is 36.9 Å². The number of hydrogen-bond acceptors (Lipinski definition) is 5. The summed E-state index contributed by atoms with van der Waals surface area (Å²) in [6, 6.07) is 6.74. The lowest BCUT2D eigenvalue weighted by Crippen LogP contribution is -2.35. The number of pyridine rings is 1. The smallest absolute Gasteiger partial charge is 0.132 e. The van der Waals surface area contributed by atoms with Crippen molar-refractivity contribution < 1.29 is 0 Å². The Bertz CT molecular complexity index is 601. The number of anilines is 1. The van der Waals surface area contributed by atoms with Gasteiger partial charge in [-0.15, -0.1) is 0 Å². The molecule has 2 aromatic rings. The van der Waals surface area contributed by atoms with Gasteiger partial charge in [0.15, 0.2) is 0 Å². The van der Waals surface area contributed by atoms with Crippen LogP contribution in [0, 0.1) is 6.92 Å². The van der Waals surface area contributed by atoms with Gasteiger partial charge in [0.25, 0.3) is 0 Å². The van der Waals surface area contributed by atoms with E-state index in [-0.39, 0.29) is 0 Å².